The summed E-state index contributed by atoms with van der Waals surface area (Å²) in [4.78, 5) is 11.9. The quantitative estimate of drug-likeness (QED) is 0.696. The van der Waals surface area contributed by atoms with Crippen LogP contribution in [-0.2, 0) is 4.79 Å². The molecule has 0 heterocycles. The largest absolute Gasteiger partial charge is 0.350 e. The van der Waals surface area contributed by atoms with E-state index >= 15 is 0 Å². The van der Waals surface area contributed by atoms with Crippen LogP contribution in [0.25, 0.3) is 0 Å². The van der Waals surface area contributed by atoms with E-state index in [1.807, 2.05) is 20.8 Å². The lowest BCUT2D eigenvalue weighted by Crippen LogP contribution is -2.53. The first-order valence-corrected chi connectivity index (χ1v) is 5.81. The van der Waals surface area contributed by atoms with Gasteiger partial charge in [0.15, 0.2) is 0 Å². The van der Waals surface area contributed by atoms with E-state index in [0.29, 0.717) is 6.04 Å². The van der Waals surface area contributed by atoms with Crippen LogP contribution in [0.5, 0.6) is 0 Å². The van der Waals surface area contributed by atoms with Crippen LogP contribution in [0.15, 0.2) is 0 Å². The van der Waals surface area contributed by atoms with Gasteiger partial charge in [-0.1, -0.05) is 20.8 Å². The summed E-state index contributed by atoms with van der Waals surface area (Å²) in [5, 5.41) is 3.16. The maximum atomic E-state index is 11.9. The second-order valence-corrected chi connectivity index (χ2v) is 6.10. The van der Waals surface area contributed by atoms with Crippen molar-refractivity contribution in [2.45, 2.75) is 65.0 Å². The van der Waals surface area contributed by atoms with Crippen LogP contribution in [-0.4, -0.2) is 17.5 Å². The number of hydrogen-bond acceptors (Lipinski definition) is 2. The maximum absolute atomic E-state index is 11.9. The number of carbonyl (C=O) groups excluding carboxylic acids is 1. The van der Waals surface area contributed by atoms with Crippen LogP contribution in [0.4, 0.5) is 0 Å². The van der Waals surface area contributed by atoms with E-state index in [9.17, 15) is 4.79 Å². The number of carbonyl (C=O) groups is 1. The molecule has 0 saturated heterocycles. The zero-order chi connectivity index (χ0) is 11.7. The van der Waals surface area contributed by atoms with Crippen LogP contribution < -0.4 is 11.1 Å². The Bertz CT molecular complexity index is 234. The predicted octanol–water partition coefficient (Wildman–Crippen LogP) is 1.81. The molecule has 0 radical (unpaired) electrons. The molecule has 1 amide bonds. The van der Waals surface area contributed by atoms with E-state index in [-0.39, 0.29) is 16.9 Å². The molecule has 0 aromatic carbocycles. The Morgan fingerprint density at radius 2 is 1.80 bits per heavy atom. The van der Waals surface area contributed by atoms with E-state index in [1.54, 1.807) is 0 Å². The molecular weight excluding hydrogens is 188 g/mol. The Morgan fingerprint density at radius 1 is 1.33 bits per heavy atom. The molecule has 15 heavy (non-hydrogen) atoms. The van der Waals surface area contributed by atoms with Crippen molar-refractivity contribution < 1.29 is 4.79 Å². The lowest BCUT2D eigenvalue weighted by molar-refractivity contribution is -0.130. The molecule has 0 aromatic heterocycles. The van der Waals surface area contributed by atoms with Gasteiger partial charge in [-0.05, 0) is 32.6 Å². The molecule has 1 aliphatic rings. The normalized spacial score (nSPS) is 32.5. The predicted molar refractivity (Wildman–Crippen MR) is 62.4 cm³/mol. The van der Waals surface area contributed by atoms with Crippen LogP contribution in [0.2, 0.25) is 0 Å². The van der Waals surface area contributed by atoms with Gasteiger partial charge in [0.25, 0.3) is 0 Å². The molecule has 0 aliphatic heterocycles. The average Bonchev–Trinajstić information content (AvgIpc) is 2.09. The summed E-state index contributed by atoms with van der Waals surface area (Å²) in [5.74, 6) is 0.139. The molecule has 88 valence electrons. The van der Waals surface area contributed by atoms with E-state index in [4.69, 9.17) is 5.73 Å². The molecule has 1 saturated carbocycles. The molecule has 3 nitrogen and oxygen atoms in total. The third-order valence-electron chi connectivity index (χ3n) is 3.23. The Morgan fingerprint density at radius 3 is 2.20 bits per heavy atom. The standard InChI is InChI=1S/C12H24N2O/c1-11(2,3)10(15)14-12(4)7-5-9(13)6-8-12/h9H,5-8,13H2,1-4H3,(H,14,15). The summed E-state index contributed by atoms with van der Waals surface area (Å²) in [6.45, 7) is 7.96. The third kappa shape index (κ3) is 3.49. The monoisotopic (exact) mass is 212 g/mol. The van der Waals surface area contributed by atoms with Gasteiger partial charge >= 0.3 is 0 Å². The molecule has 0 aromatic rings. The van der Waals surface area contributed by atoms with Gasteiger partial charge in [0.2, 0.25) is 5.91 Å². The van der Waals surface area contributed by atoms with Gasteiger partial charge in [-0.3, -0.25) is 4.79 Å². The van der Waals surface area contributed by atoms with Crippen molar-refractivity contribution in [3.63, 3.8) is 0 Å². The molecule has 1 fully saturated rings. The average molecular weight is 212 g/mol. The lowest BCUT2D eigenvalue weighted by Gasteiger charge is -2.38. The number of nitrogens with one attached hydrogen (secondary N) is 1. The molecule has 0 unspecified atom stereocenters. The van der Waals surface area contributed by atoms with Gasteiger partial charge in [-0.15, -0.1) is 0 Å². The number of amides is 1. The molecule has 1 rings (SSSR count). The van der Waals surface area contributed by atoms with Crippen molar-refractivity contribution in [3.8, 4) is 0 Å². The summed E-state index contributed by atoms with van der Waals surface area (Å²) in [6.07, 6.45) is 4.02. The first kappa shape index (κ1) is 12.5. The highest BCUT2D eigenvalue weighted by molar-refractivity contribution is 5.82. The highest BCUT2D eigenvalue weighted by Crippen LogP contribution is 2.28. The summed E-state index contributed by atoms with van der Waals surface area (Å²) in [6, 6.07) is 0.324. The van der Waals surface area contributed by atoms with Crippen molar-refractivity contribution >= 4 is 5.91 Å². The van der Waals surface area contributed by atoms with Gasteiger partial charge in [-0.2, -0.15) is 0 Å². The highest BCUT2D eigenvalue weighted by atomic mass is 16.2. The van der Waals surface area contributed by atoms with E-state index in [1.165, 1.54) is 0 Å². The topological polar surface area (TPSA) is 55.1 Å². The maximum Gasteiger partial charge on any atom is 0.225 e. The number of nitrogens with two attached hydrogens (primary N) is 1. The molecule has 0 spiro atoms. The zero-order valence-electron chi connectivity index (χ0n) is 10.4. The summed E-state index contributed by atoms with van der Waals surface area (Å²) < 4.78 is 0. The van der Waals surface area contributed by atoms with Gasteiger partial charge in [0.05, 0.1) is 0 Å². The Labute approximate surface area is 92.8 Å². The summed E-state index contributed by atoms with van der Waals surface area (Å²) in [7, 11) is 0. The van der Waals surface area contributed by atoms with Crippen molar-refractivity contribution in [2.75, 3.05) is 0 Å². The minimum Gasteiger partial charge on any atom is -0.350 e. The molecule has 0 bridgehead atoms. The van der Waals surface area contributed by atoms with E-state index in [0.717, 1.165) is 25.7 Å². The fourth-order valence-electron chi connectivity index (χ4n) is 1.86. The van der Waals surface area contributed by atoms with Crippen molar-refractivity contribution in [1.29, 1.82) is 0 Å². The third-order valence-corrected chi connectivity index (χ3v) is 3.23. The van der Waals surface area contributed by atoms with E-state index < -0.39 is 0 Å². The zero-order valence-corrected chi connectivity index (χ0v) is 10.4. The number of hydrogen-bond donors (Lipinski definition) is 2. The molecule has 0 atom stereocenters. The minimum atomic E-state index is -0.303. The van der Waals surface area contributed by atoms with Gasteiger partial charge < -0.3 is 11.1 Å². The Hall–Kier alpha value is -0.570. The van der Waals surface area contributed by atoms with Crippen molar-refractivity contribution in [2.24, 2.45) is 11.1 Å². The molecule has 1 aliphatic carbocycles. The lowest BCUT2D eigenvalue weighted by atomic mass is 9.80. The second-order valence-electron chi connectivity index (χ2n) is 6.10. The van der Waals surface area contributed by atoms with Gasteiger partial charge in [0.1, 0.15) is 0 Å². The van der Waals surface area contributed by atoms with E-state index in [2.05, 4.69) is 12.2 Å². The van der Waals surface area contributed by atoms with Crippen LogP contribution in [0, 0.1) is 5.41 Å². The molecule has 3 N–H and O–H groups in total. The van der Waals surface area contributed by atoms with Crippen LogP contribution in [0.1, 0.15) is 53.4 Å². The van der Waals surface area contributed by atoms with Crippen LogP contribution in [0.3, 0.4) is 0 Å². The smallest absolute Gasteiger partial charge is 0.225 e. The fourth-order valence-corrected chi connectivity index (χ4v) is 1.86. The highest BCUT2D eigenvalue weighted by Gasteiger charge is 2.34. The molecular formula is C12H24N2O. The van der Waals surface area contributed by atoms with Crippen LogP contribution >= 0.6 is 0 Å². The summed E-state index contributed by atoms with van der Waals surface area (Å²) >= 11 is 0. The first-order valence-electron chi connectivity index (χ1n) is 5.81. The van der Waals surface area contributed by atoms with Crippen molar-refractivity contribution in [1.82, 2.24) is 5.32 Å². The Balaban J connectivity index is 2.54. The second kappa shape index (κ2) is 4.12. The number of rotatable bonds is 1. The summed E-state index contributed by atoms with van der Waals surface area (Å²) in [5.41, 5.74) is 5.52. The Kier molecular flexibility index (Phi) is 3.44. The SMILES string of the molecule is CC1(NC(=O)C(C)(C)C)CCC(N)CC1. The van der Waals surface area contributed by atoms with Gasteiger partial charge in [-0.25, -0.2) is 0 Å². The minimum absolute atomic E-state index is 0.0414. The molecule has 3 heteroatoms. The van der Waals surface area contributed by atoms with Crippen molar-refractivity contribution in [3.05, 3.63) is 0 Å². The first-order chi connectivity index (χ1) is 6.73. The fraction of sp³-hybridized carbons (Fsp3) is 0.917. The van der Waals surface area contributed by atoms with Gasteiger partial charge in [0, 0.05) is 17.0 Å².